The summed E-state index contributed by atoms with van der Waals surface area (Å²) in [6.45, 7) is 6.92. The van der Waals surface area contributed by atoms with Crippen LogP contribution in [0.2, 0.25) is 0 Å². The van der Waals surface area contributed by atoms with Gasteiger partial charge in [0.05, 0.1) is 47.7 Å². The summed E-state index contributed by atoms with van der Waals surface area (Å²) in [5.41, 5.74) is 4.39. The van der Waals surface area contributed by atoms with Gasteiger partial charge in [0.25, 0.3) is 0 Å². The number of rotatable bonds is 7. The quantitative estimate of drug-likeness (QED) is 0.315. The number of amides is 1. The van der Waals surface area contributed by atoms with Crippen molar-refractivity contribution in [1.82, 2.24) is 34.3 Å². The molecule has 10 heteroatoms. The van der Waals surface area contributed by atoms with Crippen molar-refractivity contribution in [1.29, 1.82) is 0 Å². The molecule has 2 aromatic carbocycles. The van der Waals surface area contributed by atoms with Crippen LogP contribution in [0.5, 0.6) is 5.88 Å². The smallest absolute Gasteiger partial charge is 0.243 e. The maximum atomic E-state index is 14.0. The zero-order valence-electron chi connectivity index (χ0n) is 24.0. The third-order valence-corrected chi connectivity index (χ3v) is 8.55. The fourth-order valence-electron chi connectivity index (χ4n) is 6.34. The topological polar surface area (TPSA) is 101 Å². The third-order valence-electron chi connectivity index (χ3n) is 8.55. The number of methoxy groups -OCH3 is 1. The molecule has 3 aromatic heterocycles. The number of carbonyl (C=O) groups is 1. The Morgan fingerprint density at radius 3 is 2.76 bits per heavy atom. The van der Waals surface area contributed by atoms with Crippen LogP contribution in [0.25, 0.3) is 33.2 Å². The summed E-state index contributed by atoms with van der Waals surface area (Å²) in [6, 6.07) is 17.8. The number of benzene rings is 2. The van der Waals surface area contributed by atoms with Crippen molar-refractivity contribution in [3.05, 3.63) is 72.4 Å². The van der Waals surface area contributed by atoms with Crippen LogP contribution in [0.3, 0.4) is 0 Å². The van der Waals surface area contributed by atoms with E-state index in [1.54, 1.807) is 7.11 Å². The van der Waals surface area contributed by atoms with E-state index < -0.39 is 0 Å². The molecular weight excluding hydrogens is 530 g/mol. The van der Waals surface area contributed by atoms with Gasteiger partial charge in [-0.15, -0.1) is 0 Å². The van der Waals surface area contributed by atoms with E-state index in [9.17, 15) is 4.79 Å². The Labute approximate surface area is 244 Å². The second-order valence-electron chi connectivity index (χ2n) is 11.2. The lowest BCUT2D eigenvalue weighted by molar-refractivity contribution is -0.137. The zero-order valence-corrected chi connectivity index (χ0v) is 24.0. The monoisotopic (exact) mass is 565 g/mol. The predicted molar refractivity (Wildman–Crippen MR) is 160 cm³/mol. The molecule has 0 spiro atoms. The van der Waals surface area contributed by atoms with E-state index in [1.807, 2.05) is 71.1 Å². The first-order valence-electron chi connectivity index (χ1n) is 14.6. The fourth-order valence-corrected chi connectivity index (χ4v) is 6.34. The number of hydrogen-bond acceptors (Lipinski definition) is 7. The van der Waals surface area contributed by atoms with Gasteiger partial charge in [0.2, 0.25) is 11.8 Å². The number of aromatic nitrogens is 5. The minimum Gasteiger partial charge on any atom is -0.480 e. The van der Waals surface area contributed by atoms with E-state index in [-0.39, 0.29) is 18.5 Å². The molecule has 0 saturated carbocycles. The first kappa shape index (κ1) is 26.6. The zero-order chi connectivity index (χ0) is 28.6. The lowest BCUT2D eigenvalue weighted by Gasteiger charge is -2.41. The first-order chi connectivity index (χ1) is 20.6. The van der Waals surface area contributed by atoms with E-state index in [0.717, 1.165) is 77.6 Å². The molecule has 2 unspecified atom stereocenters. The van der Waals surface area contributed by atoms with Gasteiger partial charge in [0.15, 0.2) is 0 Å². The number of ether oxygens (including phenoxy) is 2. The third kappa shape index (κ3) is 5.01. The highest BCUT2D eigenvalue weighted by Crippen LogP contribution is 2.33. The normalized spacial score (nSPS) is 19.6. The standard InChI is InChI=1S/C32H35N7O3/c1-21-34-26-9-5-6-10-28(26)39(21)19-30(40)38-13-12-37(17-22-11-14-42-20-22)18-29(38)31-33-16-27(35-31)24-15-23-7-3-4-8-25(23)36-32(24)41-2/h3-10,15-16,22,29H,11-14,17-20H2,1-2H3,(H,33,35). The van der Waals surface area contributed by atoms with Gasteiger partial charge in [-0.25, -0.2) is 15.0 Å². The van der Waals surface area contributed by atoms with E-state index in [4.69, 9.17) is 19.4 Å². The Morgan fingerprint density at radius 2 is 1.93 bits per heavy atom. The van der Waals surface area contributed by atoms with Crippen molar-refractivity contribution >= 4 is 27.8 Å². The summed E-state index contributed by atoms with van der Waals surface area (Å²) in [5.74, 6) is 2.70. The lowest BCUT2D eigenvalue weighted by Crippen LogP contribution is -2.52. The van der Waals surface area contributed by atoms with Gasteiger partial charge in [-0.2, -0.15) is 0 Å². The molecule has 216 valence electrons. The number of hydrogen-bond donors (Lipinski definition) is 1. The number of fused-ring (bicyclic) bond motifs is 2. The molecule has 5 heterocycles. The highest BCUT2D eigenvalue weighted by atomic mass is 16.5. The number of piperazine rings is 1. The average molecular weight is 566 g/mol. The Bertz CT molecular complexity index is 1740. The number of nitrogens with zero attached hydrogens (tertiary/aromatic N) is 6. The maximum Gasteiger partial charge on any atom is 0.243 e. The van der Waals surface area contributed by atoms with Crippen LogP contribution in [0, 0.1) is 12.8 Å². The summed E-state index contributed by atoms with van der Waals surface area (Å²) in [5, 5.41) is 1.02. The van der Waals surface area contributed by atoms with Crippen molar-refractivity contribution in [2.75, 3.05) is 46.5 Å². The average Bonchev–Trinajstić information content (AvgIpc) is 3.78. The van der Waals surface area contributed by atoms with Gasteiger partial charge in [-0.3, -0.25) is 9.69 Å². The minimum atomic E-state index is -0.225. The molecule has 2 aliphatic heterocycles. The molecule has 2 fully saturated rings. The molecule has 5 aromatic rings. The van der Waals surface area contributed by atoms with Gasteiger partial charge in [0.1, 0.15) is 24.2 Å². The van der Waals surface area contributed by atoms with Gasteiger partial charge >= 0.3 is 0 Å². The molecule has 42 heavy (non-hydrogen) atoms. The van der Waals surface area contributed by atoms with E-state index in [1.165, 1.54) is 0 Å². The van der Waals surface area contributed by atoms with Crippen molar-refractivity contribution < 1.29 is 14.3 Å². The molecule has 1 amide bonds. The molecule has 2 aliphatic rings. The highest BCUT2D eigenvalue weighted by Gasteiger charge is 2.35. The van der Waals surface area contributed by atoms with Crippen LogP contribution < -0.4 is 4.74 Å². The van der Waals surface area contributed by atoms with Crippen molar-refractivity contribution in [2.45, 2.75) is 25.9 Å². The van der Waals surface area contributed by atoms with Crippen LogP contribution in [-0.2, 0) is 16.1 Å². The van der Waals surface area contributed by atoms with Gasteiger partial charge in [-0.1, -0.05) is 30.3 Å². The molecule has 2 atom stereocenters. The second kappa shape index (κ2) is 11.2. The Kier molecular flexibility index (Phi) is 7.09. The number of H-pyrrole nitrogens is 1. The van der Waals surface area contributed by atoms with Crippen LogP contribution in [-0.4, -0.2) is 86.7 Å². The SMILES string of the molecule is COc1nc2ccccc2cc1-c1cnc(C2CN(CC3CCOC3)CCN2C(=O)Cn2c(C)nc3ccccc32)[nH]1. The largest absolute Gasteiger partial charge is 0.480 e. The van der Waals surface area contributed by atoms with Crippen LogP contribution >= 0.6 is 0 Å². The molecular formula is C32H35N7O3. The molecule has 0 aliphatic carbocycles. The number of aryl methyl sites for hydroxylation is 1. The number of imidazole rings is 2. The van der Waals surface area contributed by atoms with Crippen molar-refractivity contribution in [3.63, 3.8) is 0 Å². The molecule has 7 rings (SSSR count). The Morgan fingerprint density at radius 1 is 1.10 bits per heavy atom. The number of aromatic amines is 1. The van der Waals surface area contributed by atoms with Crippen molar-refractivity contribution in [3.8, 4) is 17.1 Å². The molecule has 1 N–H and O–H groups in total. The fraction of sp³-hybridized carbons (Fsp3) is 0.375. The summed E-state index contributed by atoms with van der Waals surface area (Å²) in [6.07, 6.45) is 2.90. The molecule has 0 radical (unpaired) electrons. The first-order valence-corrected chi connectivity index (χ1v) is 14.6. The number of nitrogens with one attached hydrogen (secondary N) is 1. The molecule has 0 bridgehead atoms. The van der Waals surface area contributed by atoms with Gasteiger partial charge in [-0.05, 0) is 43.5 Å². The van der Waals surface area contributed by atoms with E-state index in [0.29, 0.717) is 24.9 Å². The van der Waals surface area contributed by atoms with Gasteiger partial charge in [0, 0.05) is 38.2 Å². The van der Waals surface area contributed by atoms with Crippen LogP contribution in [0.1, 0.15) is 24.1 Å². The van der Waals surface area contributed by atoms with E-state index >= 15 is 0 Å². The predicted octanol–water partition coefficient (Wildman–Crippen LogP) is 4.21. The van der Waals surface area contributed by atoms with Crippen molar-refractivity contribution in [2.24, 2.45) is 5.92 Å². The summed E-state index contributed by atoms with van der Waals surface area (Å²) < 4.78 is 13.3. The number of para-hydroxylation sites is 3. The van der Waals surface area contributed by atoms with Crippen LogP contribution in [0.4, 0.5) is 0 Å². The number of carbonyl (C=O) groups excluding carboxylic acids is 1. The summed E-state index contributed by atoms with van der Waals surface area (Å²) in [7, 11) is 1.63. The molecule has 2 saturated heterocycles. The Hall–Kier alpha value is -4.28. The Balaban J connectivity index is 1.20. The lowest BCUT2D eigenvalue weighted by atomic mass is 10.1. The second-order valence-corrected chi connectivity index (χ2v) is 11.2. The maximum absolute atomic E-state index is 14.0. The highest BCUT2D eigenvalue weighted by molar-refractivity contribution is 5.85. The van der Waals surface area contributed by atoms with Crippen LogP contribution in [0.15, 0.2) is 60.8 Å². The summed E-state index contributed by atoms with van der Waals surface area (Å²) in [4.78, 5) is 36.2. The number of pyridine rings is 1. The van der Waals surface area contributed by atoms with Gasteiger partial charge < -0.3 is 23.9 Å². The minimum absolute atomic E-state index is 0.0537. The molecule has 10 nitrogen and oxygen atoms in total. The van der Waals surface area contributed by atoms with E-state index in [2.05, 4.69) is 20.9 Å². The summed E-state index contributed by atoms with van der Waals surface area (Å²) >= 11 is 0.